The number of rotatable bonds is 3. The summed E-state index contributed by atoms with van der Waals surface area (Å²) in [6.45, 7) is 2.01. The molecular formula is C10H9BrClN3O. The fourth-order valence-corrected chi connectivity index (χ4v) is 1.49. The normalized spacial score (nSPS) is 11.6. The van der Waals surface area contributed by atoms with Crippen LogP contribution in [0.3, 0.4) is 0 Å². The van der Waals surface area contributed by atoms with E-state index in [2.05, 4.69) is 26.2 Å². The molecule has 0 aliphatic heterocycles. The van der Waals surface area contributed by atoms with Gasteiger partial charge in [-0.05, 0) is 28.9 Å². The molecule has 0 aliphatic carbocycles. The van der Waals surface area contributed by atoms with Crippen LogP contribution < -0.4 is 5.32 Å². The van der Waals surface area contributed by atoms with Gasteiger partial charge in [-0.15, -0.1) is 0 Å². The van der Waals surface area contributed by atoms with E-state index in [1.807, 2.05) is 6.07 Å². The Morgan fingerprint density at radius 3 is 3.12 bits per heavy atom. The molecule has 1 unspecified atom stereocenters. The number of carbonyl (C=O) groups is 1. The molecule has 6 heteroatoms. The standard InChI is InChI=1S/C10H9BrClN3O/c1-6(3-13)4-15-10(16)8-2-7(11)5-14-9(8)12/h2,5-6H,4H2,1H3,(H,15,16). The molecule has 1 aromatic heterocycles. The maximum absolute atomic E-state index is 11.7. The maximum Gasteiger partial charge on any atom is 0.254 e. The highest BCUT2D eigenvalue weighted by Crippen LogP contribution is 2.17. The molecule has 0 radical (unpaired) electrons. The van der Waals surface area contributed by atoms with Gasteiger partial charge in [-0.1, -0.05) is 11.6 Å². The second-order valence-electron chi connectivity index (χ2n) is 3.23. The van der Waals surface area contributed by atoms with Crippen LogP contribution in [0.1, 0.15) is 17.3 Å². The second kappa shape index (κ2) is 5.83. The SMILES string of the molecule is CC(C#N)CNC(=O)c1cc(Br)cnc1Cl. The molecule has 0 saturated carbocycles. The van der Waals surface area contributed by atoms with Gasteiger partial charge < -0.3 is 5.32 Å². The molecule has 0 aromatic carbocycles. The predicted molar refractivity (Wildman–Crippen MR) is 64.1 cm³/mol. The quantitative estimate of drug-likeness (QED) is 0.872. The highest BCUT2D eigenvalue weighted by atomic mass is 79.9. The van der Waals surface area contributed by atoms with Gasteiger partial charge in [-0.2, -0.15) is 5.26 Å². The number of amides is 1. The summed E-state index contributed by atoms with van der Waals surface area (Å²) in [6.07, 6.45) is 1.51. The van der Waals surface area contributed by atoms with Crippen molar-refractivity contribution in [1.82, 2.24) is 10.3 Å². The summed E-state index contributed by atoms with van der Waals surface area (Å²) in [6, 6.07) is 3.61. The molecule has 0 saturated heterocycles. The van der Waals surface area contributed by atoms with Crippen LogP contribution in [0.2, 0.25) is 5.15 Å². The Balaban J connectivity index is 2.74. The minimum atomic E-state index is -0.332. The molecule has 1 aromatic rings. The average Bonchev–Trinajstić information content (AvgIpc) is 2.28. The molecule has 0 spiro atoms. The smallest absolute Gasteiger partial charge is 0.254 e. The first-order chi connectivity index (χ1) is 7.54. The zero-order valence-corrected chi connectivity index (χ0v) is 10.8. The maximum atomic E-state index is 11.7. The molecule has 1 N–H and O–H groups in total. The molecular weight excluding hydrogens is 293 g/mol. The van der Waals surface area contributed by atoms with Gasteiger partial charge >= 0.3 is 0 Å². The van der Waals surface area contributed by atoms with Crippen molar-refractivity contribution >= 4 is 33.4 Å². The number of nitriles is 1. The van der Waals surface area contributed by atoms with E-state index in [4.69, 9.17) is 16.9 Å². The summed E-state index contributed by atoms with van der Waals surface area (Å²) in [5, 5.41) is 11.3. The van der Waals surface area contributed by atoms with E-state index in [0.29, 0.717) is 10.0 Å². The van der Waals surface area contributed by atoms with Gasteiger partial charge in [0, 0.05) is 17.2 Å². The Morgan fingerprint density at radius 1 is 1.81 bits per heavy atom. The number of nitrogens with one attached hydrogen (secondary N) is 1. The van der Waals surface area contributed by atoms with Crippen molar-refractivity contribution in [1.29, 1.82) is 5.26 Å². The van der Waals surface area contributed by atoms with Crippen LogP contribution in [0.5, 0.6) is 0 Å². The van der Waals surface area contributed by atoms with Gasteiger partial charge in [0.15, 0.2) is 0 Å². The van der Waals surface area contributed by atoms with Crippen LogP contribution in [0.15, 0.2) is 16.7 Å². The van der Waals surface area contributed by atoms with Gasteiger partial charge in [0.05, 0.1) is 17.6 Å². The minimum absolute atomic E-state index is 0.144. The monoisotopic (exact) mass is 301 g/mol. The molecule has 1 atom stereocenters. The molecule has 4 nitrogen and oxygen atoms in total. The van der Waals surface area contributed by atoms with Gasteiger partial charge in [0.2, 0.25) is 0 Å². The van der Waals surface area contributed by atoms with Crippen molar-refractivity contribution in [2.24, 2.45) is 5.92 Å². The third kappa shape index (κ3) is 3.47. The van der Waals surface area contributed by atoms with Crippen molar-refractivity contribution in [3.05, 3.63) is 27.5 Å². The Kier molecular flexibility index (Phi) is 4.71. The average molecular weight is 303 g/mol. The molecule has 1 heterocycles. The summed E-state index contributed by atoms with van der Waals surface area (Å²) in [7, 11) is 0. The molecule has 1 rings (SSSR count). The first-order valence-corrected chi connectivity index (χ1v) is 5.70. The summed E-state index contributed by atoms with van der Waals surface area (Å²) < 4.78 is 0.676. The molecule has 0 bridgehead atoms. The number of hydrogen-bond acceptors (Lipinski definition) is 3. The second-order valence-corrected chi connectivity index (χ2v) is 4.51. The van der Waals surface area contributed by atoms with Crippen LogP contribution in [0, 0.1) is 17.2 Å². The van der Waals surface area contributed by atoms with Crippen molar-refractivity contribution < 1.29 is 4.79 Å². The van der Waals surface area contributed by atoms with E-state index >= 15 is 0 Å². The highest BCUT2D eigenvalue weighted by Gasteiger charge is 2.12. The van der Waals surface area contributed by atoms with E-state index in [9.17, 15) is 4.79 Å². The minimum Gasteiger partial charge on any atom is -0.351 e. The summed E-state index contributed by atoms with van der Waals surface area (Å²) in [5.41, 5.74) is 0.293. The lowest BCUT2D eigenvalue weighted by Gasteiger charge is -2.07. The highest BCUT2D eigenvalue weighted by molar-refractivity contribution is 9.10. The molecule has 1 amide bonds. The Bertz CT molecular complexity index is 444. The number of pyridine rings is 1. The van der Waals surface area contributed by atoms with Crippen molar-refractivity contribution in [3.63, 3.8) is 0 Å². The lowest BCUT2D eigenvalue weighted by atomic mass is 10.2. The first-order valence-electron chi connectivity index (χ1n) is 4.53. The number of carbonyl (C=O) groups excluding carboxylic acids is 1. The summed E-state index contributed by atoms with van der Waals surface area (Å²) >= 11 is 8.99. The molecule has 16 heavy (non-hydrogen) atoms. The largest absolute Gasteiger partial charge is 0.351 e. The zero-order chi connectivity index (χ0) is 12.1. The van der Waals surface area contributed by atoms with E-state index < -0.39 is 0 Å². The lowest BCUT2D eigenvalue weighted by molar-refractivity contribution is 0.0950. The Morgan fingerprint density at radius 2 is 2.50 bits per heavy atom. The molecule has 0 aliphatic rings. The fraction of sp³-hybridized carbons (Fsp3) is 0.300. The molecule has 84 valence electrons. The van der Waals surface area contributed by atoms with E-state index in [1.54, 1.807) is 13.0 Å². The van der Waals surface area contributed by atoms with Crippen LogP contribution in [-0.2, 0) is 0 Å². The van der Waals surface area contributed by atoms with Gasteiger partial charge in [0.25, 0.3) is 5.91 Å². The van der Waals surface area contributed by atoms with Crippen molar-refractivity contribution in [2.45, 2.75) is 6.92 Å². The lowest BCUT2D eigenvalue weighted by Crippen LogP contribution is -2.28. The third-order valence-corrected chi connectivity index (χ3v) is 2.57. The van der Waals surface area contributed by atoms with Crippen LogP contribution in [-0.4, -0.2) is 17.4 Å². The number of hydrogen-bond donors (Lipinski definition) is 1. The number of halogens is 2. The van der Waals surface area contributed by atoms with Crippen LogP contribution in [0.4, 0.5) is 0 Å². The van der Waals surface area contributed by atoms with E-state index in [0.717, 1.165) is 0 Å². The Hall–Kier alpha value is -1.12. The summed E-state index contributed by atoms with van der Waals surface area (Å²) in [5.74, 6) is -0.566. The van der Waals surface area contributed by atoms with Gasteiger partial charge in [-0.25, -0.2) is 4.98 Å². The summed E-state index contributed by atoms with van der Waals surface area (Å²) in [4.78, 5) is 15.5. The van der Waals surface area contributed by atoms with Crippen LogP contribution in [0.25, 0.3) is 0 Å². The molecule has 0 fully saturated rings. The predicted octanol–water partition coefficient (Wildman–Crippen LogP) is 2.39. The first kappa shape index (κ1) is 12.9. The number of aromatic nitrogens is 1. The van der Waals surface area contributed by atoms with Crippen LogP contribution >= 0.6 is 27.5 Å². The topological polar surface area (TPSA) is 65.8 Å². The van der Waals surface area contributed by atoms with E-state index in [1.165, 1.54) is 6.20 Å². The number of nitrogens with zero attached hydrogens (tertiary/aromatic N) is 2. The Labute approximate surface area is 107 Å². The van der Waals surface area contributed by atoms with E-state index in [-0.39, 0.29) is 23.5 Å². The zero-order valence-electron chi connectivity index (χ0n) is 8.50. The fourth-order valence-electron chi connectivity index (χ4n) is 0.968. The third-order valence-electron chi connectivity index (χ3n) is 1.84. The van der Waals surface area contributed by atoms with Crippen molar-refractivity contribution in [3.8, 4) is 6.07 Å². The van der Waals surface area contributed by atoms with Gasteiger partial charge in [0.1, 0.15) is 5.15 Å². The van der Waals surface area contributed by atoms with Gasteiger partial charge in [-0.3, -0.25) is 4.79 Å². The van der Waals surface area contributed by atoms with Crippen molar-refractivity contribution in [2.75, 3.05) is 6.54 Å².